The van der Waals surface area contributed by atoms with Gasteiger partial charge in [-0.2, -0.15) is 0 Å². The number of hydrogen-bond donors (Lipinski definition) is 1. The minimum atomic E-state index is -0.881. The van der Waals surface area contributed by atoms with Crippen molar-refractivity contribution in [2.24, 2.45) is 5.92 Å². The van der Waals surface area contributed by atoms with Gasteiger partial charge in [-0.25, -0.2) is 0 Å². The van der Waals surface area contributed by atoms with Crippen molar-refractivity contribution in [2.75, 3.05) is 33.3 Å². The van der Waals surface area contributed by atoms with E-state index in [-0.39, 0.29) is 31.5 Å². The second-order valence-corrected chi connectivity index (χ2v) is 6.37. The van der Waals surface area contributed by atoms with Gasteiger partial charge in [-0.15, -0.1) is 0 Å². The number of likely N-dealkylation sites (N-methyl/N-ethyl adjacent to an activating group) is 1. The number of aryl methyl sites for hydroxylation is 1. The standard InChI is InChI=1S/C18H24N2O5/c1-13-5-3-7-15(9-13)25-12-17(22)19(2)11-16(21)20-8-4-6-14(10-20)18(23)24/h3,5,7,9,14H,4,6,8,10-12H2,1-2H3,(H,23,24). The molecule has 0 spiro atoms. The summed E-state index contributed by atoms with van der Waals surface area (Å²) < 4.78 is 5.45. The van der Waals surface area contributed by atoms with E-state index in [2.05, 4.69) is 0 Å². The molecule has 7 nitrogen and oxygen atoms in total. The number of hydrogen-bond acceptors (Lipinski definition) is 4. The van der Waals surface area contributed by atoms with Gasteiger partial charge in [0, 0.05) is 20.1 Å². The maximum atomic E-state index is 12.3. The Labute approximate surface area is 147 Å². The highest BCUT2D eigenvalue weighted by molar-refractivity contribution is 5.85. The summed E-state index contributed by atoms with van der Waals surface area (Å²) in [5.74, 6) is -1.34. The van der Waals surface area contributed by atoms with Gasteiger partial charge in [0.05, 0.1) is 12.5 Å². The number of carboxylic acids is 1. The van der Waals surface area contributed by atoms with Crippen LogP contribution in [0.2, 0.25) is 0 Å². The number of piperidine rings is 1. The summed E-state index contributed by atoms with van der Waals surface area (Å²) >= 11 is 0. The summed E-state index contributed by atoms with van der Waals surface area (Å²) in [4.78, 5) is 38.3. The molecular weight excluding hydrogens is 324 g/mol. The molecule has 1 aromatic carbocycles. The van der Waals surface area contributed by atoms with Gasteiger partial charge in [-0.1, -0.05) is 12.1 Å². The van der Waals surface area contributed by atoms with Gasteiger partial charge in [0.1, 0.15) is 5.75 Å². The van der Waals surface area contributed by atoms with Crippen molar-refractivity contribution in [3.63, 3.8) is 0 Å². The summed E-state index contributed by atoms with van der Waals surface area (Å²) in [6.45, 7) is 2.44. The number of nitrogens with zero attached hydrogens (tertiary/aromatic N) is 2. The normalized spacial score (nSPS) is 17.0. The molecule has 1 fully saturated rings. The Hall–Kier alpha value is -2.57. The molecule has 1 saturated heterocycles. The Kier molecular flexibility index (Phi) is 6.38. The molecule has 0 aromatic heterocycles. The first kappa shape index (κ1) is 18.8. The second kappa shape index (κ2) is 8.50. The number of benzene rings is 1. The van der Waals surface area contributed by atoms with Gasteiger partial charge in [0.25, 0.3) is 5.91 Å². The van der Waals surface area contributed by atoms with Crippen molar-refractivity contribution in [1.82, 2.24) is 9.80 Å². The highest BCUT2D eigenvalue weighted by Gasteiger charge is 2.28. The zero-order chi connectivity index (χ0) is 18.4. The van der Waals surface area contributed by atoms with Gasteiger partial charge in [0.15, 0.2) is 6.61 Å². The minimum Gasteiger partial charge on any atom is -0.484 e. The first-order valence-corrected chi connectivity index (χ1v) is 8.31. The molecule has 2 amide bonds. The lowest BCUT2D eigenvalue weighted by Gasteiger charge is -2.32. The molecule has 0 aliphatic carbocycles. The molecule has 1 aliphatic heterocycles. The molecule has 1 aliphatic rings. The molecule has 1 heterocycles. The molecule has 25 heavy (non-hydrogen) atoms. The molecule has 1 N–H and O–H groups in total. The Morgan fingerprint density at radius 3 is 2.80 bits per heavy atom. The van der Waals surface area contributed by atoms with E-state index in [1.807, 2.05) is 25.1 Å². The lowest BCUT2D eigenvalue weighted by Crippen LogP contribution is -2.47. The van der Waals surface area contributed by atoms with Crippen LogP contribution in [0.15, 0.2) is 24.3 Å². The van der Waals surface area contributed by atoms with Crippen LogP contribution < -0.4 is 4.74 Å². The third kappa shape index (κ3) is 5.48. The average Bonchev–Trinajstić information content (AvgIpc) is 2.59. The number of ether oxygens (including phenoxy) is 1. The third-order valence-corrected chi connectivity index (χ3v) is 4.27. The number of likely N-dealkylation sites (tertiary alicyclic amines) is 1. The smallest absolute Gasteiger partial charge is 0.308 e. The topological polar surface area (TPSA) is 87.2 Å². The van der Waals surface area contributed by atoms with Crippen LogP contribution in [0.1, 0.15) is 18.4 Å². The third-order valence-electron chi connectivity index (χ3n) is 4.27. The molecule has 0 bridgehead atoms. The first-order chi connectivity index (χ1) is 11.9. The number of carbonyl (C=O) groups is 3. The maximum Gasteiger partial charge on any atom is 0.308 e. The molecular formula is C18H24N2O5. The van der Waals surface area contributed by atoms with Gasteiger partial charge < -0.3 is 19.6 Å². The molecule has 136 valence electrons. The van der Waals surface area contributed by atoms with Crippen LogP contribution in [-0.2, 0) is 14.4 Å². The van der Waals surface area contributed by atoms with Crippen LogP contribution in [0.3, 0.4) is 0 Å². The number of rotatable bonds is 6. The van der Waals surface area contributed by atoms with Crippen molar-refractivity contribution in [1.29, 1.82) is 0 Å². The van der Waals surface area contributed by atoms with Crippen LogP contribution in [0.5, 0.6) is 5.75 Å². The molecule has 1 unspecified atom stereocenters. The van der Waals surface area contributed by atoms with E-state index < -0.39 is 11.9 Å². The van der Waals surface area contributed by atoms with Gasteiger partial charge in [-0.3, -0.25) is 14.4 Å². The molecule has 7 heteroatoms. The molecule has 2 rings (SSSR count). The van der Waals surface area contributed by atoms with Crippen molar-refractivity contribution >= 4 is 17.8 Å². The summed E-state index contributed by atoms with van der Waals surface area (Å²) in [7, 11) is 1.54. The quantitative estimate of drug-likeness (QED) is 0.833. The summed E-state index contributed by atoms with van der Waals surface area (Å²) in [6.07, 6.45) is 1.25. The molecule has 1 atom stereocenters. The van der Waals surface area contributed by atoms with E-state index >= 15 is 0 Å². The van der Waals surface area contributed by atoms with Crippen molar-refractivity contribution in [2.45, 2.75) is 19.8 Å². The van der Waals surface area contributed by atoms with E-state index in [1.165, 1.54) is 9.80 Å². The molecule has 1 aromatic rings. The fourth-order valence-electron chi connectivity index (χ4n) is 2.76. The Morgan fingerprint density at radius 2 is 2.12 bits per heavy atom. The van der Waals surface area contributed by atoms with Crippen LogP contribution >= 0.6 is 0 Å². The van der Waals surface area contributed by atoms with E-state index in [1.54, 1.807) is 13.1 Å². The SMILES string of the molecule is Cc1cccc(OCC(=O)N(C)CC(=O)N2CCCC(C(=O)O)C2)c1. The Morgan fingerprint density at radius 1 is 1.36 bits per heavy atom. The van der Waals surface area contributed by atoms with Crippen LogP contribution in [0.25, 0.3) is 0 Å². The fourth-order valence-corrected chi connectivity index (χ4v) is 2.76. The predicted molar refractivity (Wildman–Crippen MR) is 91.3 cm³/mol. The first-order valence-electron chi connectivity index (χ1n) is 8.31. The van der Waals surface area contributed by atoms with Crippen LogP contribution in [0, 0.1) is 12.8 Å². The summed E-state index contributed by atoms with van der Waals surface area (Å²) in [6, 6.07) is 7.38. The fraction of sp³-hybridized carbons (Fsp3) is 0.500. The predicted octanol–water partition coefficient (Wildman–Crippen LogP) is 1.16. The lowest BCUT2D eigenvalue weighted by molar-refractivity contribution is -0.147. The summed E-state index contributed by atoms with van der Waals surface area (Å²) in [5.41, 5.74) is 1.03. The Balaban J connectivity index is 1.81. The van der Waals surface area contributed by atoms with Crippen molar-refractivity contribution in [3.05, 3.63) is 29.8 Å². The van der Waals surface area contributed by atoms with E-state index in [9.17, 15) is 14.4 Å². The zero-order valence-electron chi connectivity index (χ0n) is 14.6. The monoisotopic (exact) mass is 348 g/mol. The maximum absolute atomic E-state index is 12.3. The van der Waals surface area contributed by atoms with E-state index in [4.69, 9.17) is 9.84 Å². The highest BCUT2D eigenvalue weighted by Crippen LogP contribution is 2.17. The number of amides is 2. The highest BCUT2D eigenvalue weighted by atomic mass is 16.5. The second-order valence-electron chi connectivity index (χ2n) is 6.37. The van der Waals surface area contributed by atoms with Crippen LogP contribution in [0.4, 0.5) is 0 Å². The zero-order valence-corrected chi connectivity index (χ0v) is 14.6. The van der Waals surface area contributed by atoms with Gasteiger partial charge in [0.2, 0.25) is 5.91 Å². The lowest BCUT2D eigenvalue weighted by atomic mass is 9.98. The Bertz CT molecular complexity index is 646. The van der Waals surface area contributed by atoms with Crippen molar-refractivity contribution < 1.29 is 24.2 Å². The number of aliphatic carboxylic acids is 1. The largest absolute Gasteiger partial charge is 0.484 e. The summed E-state index contributed by atoms with van der Waals surface area (Å²) in [5, 5.41) is 9.09. The molecule has 0 radical (unpaired) electrons. The van der Waals surface area contributed by atoms with E-state index in [0.717, 1.165) is 5.56 Å². The number of carbonyl (C=O) groups excluding carboxylic acids is 2. The van der Waals surface area contributed by atoms with Crippen LogP contribution in [-0.4, -0.2) is 66.0 Å². The number of carboxylic acid groups (broad SMARTS) is 1. The average molecular weight is 348 g/mol. The van der Waals surface area contributed by atoms with E-state index in [0.29, 0.717) is 25.1 Å². The van der Waals surface area contributed by atoms with Crippen molar-refractivity contribution in [3.8, 4) is 5.75 Å². The van der Waals surface area contributed by atoms with Gasteiger partial charge in [-0.05, 0) is 37.5 Å². The molecule has 0 saturated carbocycles. The van der Waals surface area contributed by atoms with Gasteiger partial charge >= 0.3 is 5.97 Å². The minimum absolute atomic E-state index is 0.0810.